The molecule has 3 nitrogen and oxygen atoms in total. The zero-order valence-electron chi connectivity index (χ0n) is 10.7. The minimum atomic E-state index is -0.677. The van der Waals surface area contributed by atoms with Crippen molar-refractivity contribution in [2.75, 3.05) is 5.73 Å². The lowest BCUT2D eigenvalue weighted by atomic mass is 9.85. The summed E-state index contributed by atoms with van der Waals surface area (Å²) in [5.41, 5.74) is 7.89. The molecule has 0 aliphatic heterocycles. The third-order valence-electron chi connectivity index (χ3n) is 4.22. The molecule has 0 aromatic heterocycles. The number of carboxylic acids is 1. The highest BCUT2D eigenvalue weighted by atomic mass is 16.4. The molecule has 0 saturated heterocycles. The zero-order chi connectivity index (χ0) is 13.4. The number of anilines is 1. The molecule has 98 valence electrons. The van der Waals surface area contributed by atoms with Crippen LogP contribution in [0.2, 0.25) is 0 Å². The zero-order valence-corrected chi connectivity index (χ0v) is 10.7. The van der Waals surface area contributed by atoms with Crippen LogP contribution < -0.4 is 5.73 Å². The van der Waals surface area contributed by atoms with Crippen LogP contribution in [-0.4, -0.2) is 11.1 Å². The molecule has 0 spiro atoms. The van der Waals surface area contributed by atoms with Crippen molar-refractivity contribution in [1.29, 1.82) is 0 Å². The van der Waals surface area contributed by atoms with Gasteiger partial charge in [0.1, 0.15) is 0 Å². The molecule has 2 unspecified atom stereocenters. The Bertz CT molecular complexity index is 636. The second-order valence-electron chi connectivity index (χ2n) is 5.27. The van der Waals surface area contributed by atoms with Gasteiger partial charge in [-0.05, 0) is 35.8 Å². The van der Waals surface area contributed by atoms with Crippen LogP contribution in [0.25, 0.3) is 10.8 Å². The molecule has 0 heterocycles. The predicted octanol–water partition coefficient (Wildman–Crippen LogP) is 3.39. The molecule has 3 rings (SSSR count). The fourth-order valence-corrected chi connectivity index (χ4v) is 3.30. The van der Waals surface area contributed by atoms with E-state index in [9.17, 15) is 9.90 Å². The van der Waals surface area contributed by atoms with E-state index in [0.717, 1.165) is 41.3 Å². The summed E-state index contributed by atoms with van der Waals surface area (Å²) >= 11 is 0. The standard InChI is InChI=1S/C16H17NO2/c17-15-9-8-12(10-4-1-2-5-13(10)15)11-6-3-7-14(11)16(18)19/h1-2,4-5,8-9,11,14H,3,6-7,17H2,(H,18,19). The van der Waals surface area contributed by atoms with E-state index in [2.05, 4.69) is 0 Å². The van der Waals surface area contributed by atoms with Crippen molar-refractivity contribution in [3.8, 4) is 0 Å². The summed E-state index contributed by atoms with van der Waals surface area (Å²) in [7, 11) is 0. The highest BCUT2D eigenvalue weighted by Crippen LogP contribution is 2.43. The summed E-state index contributed by atoms with van der Waals surface area (Å²) in [6, 6.07) is 11.9. The van der Waals surface area contributed by atoms with Crippen LogP contribution in [0, 0.1) is 5.92 Å². The fraction of sp³-hybridized carbons (Fsp3) is 0.312. The Labute approximate surface area is 112 Å². The Morgan fingerprint density at radius 2 is 1.84 bits per heavy atom. The second-order valence-corrected chi connectivity index (χ2v) is 5.27. The maximum absolute atomic E-state index is 11.4. The van der Waals surface area contributed by atoms with Crippen molar-refractivity contribution in [2.24, 2.45) is 5.92 Å². The van der Waals surface area contributed by atoms with Gasteiger partial charge in [-0.1, -0.05) is 36.8 Å². The van der Waals surface area contributed by atoms with Gasteiger partial charge in [-0.3, -0.25) is 4.79 Å². The summed E-state index contributed by atoms with van der Waals surface area (Å²) in [5.74, 6) is -0.821. The fourth-order valence-electron chi connectivity index (χ4n) is 3.30. The third kappa shape index (κ3) is 1.95. The molecule has 2 atom stereocenters. The summed E-state index contributed by atoms with van der Waals surface area (Å²) in [6.07, 6.45) is 2.71. The first-order chi connectivity index (χ1) is 9.18. The van der Waals surface area contributed by atoms with Gasteiger partial charge >= 0.3 is 5.97 Å². The number of nitrogens with two attached hydrogens (primary N) is 1. The molecular formula is C16H17NO2. The number of fused-ring (bicyclic) bond motifs is 1. The number of rotatable bonds is 2. The Hall–Kier alpha value is -2.03. The first-order valence-corrected chi connectivity index (χ1v) is 6.68. The lowest BCUT2D eigenvalue weighted by Crippen LogP contribution is -2.17. The largest absolute Gasteiger partial charge is 0.481 e. The van der Waals surface area contributed by atoms with Crippen molar-refractivity contribution < 1.29 is 9.90 Å². The summed E-state index contributed by atoms with van der Waals surface area (Å²) in [4.78, 5) is 11.4. The number of hydrogen-bond donors (Lipinski definition) is 2. The number of aliphatic carboxylic acids is 1. The van der Waals surface area contributed by atoms with Gasteiger partial charge in [-0.15, -0.1) is 0 Å². The maximum atomic E-state index is 11.4. The average molecular weight is 255 g/mol. The molecule has 1 saturated carbocycles. The van der Waals surface area contributed by atoms with E-state index in [0.29, 0.717) is 0 Å². The van der Waals surface area contributed by atoms with Crippen LogP contribution in [0.1, 0.15) is 30.7 Å². The molecule has 1 aliphatic carbocycles. The van der Waals surface area contributed by atoms with Crippen molar-refractivity contribution >= 4 is 22.4 Å². The van der Waals surface area contributed by atoms with E-state index < -0.39 is 5.97 Å². The SMILES string of the molecule is Nc1ccc(C2CCCC2C(=O)O)c2ccccc12. The number of carboxylic acid groups (broad SMARTS) is 1. The smallest absolute Gasteiger partial charge is 0.307 e. The molecule has 3 N–H and O–H groups in total. The predicted molar refractivity (Wildman–Crippen MR) is 76.1 cm³/mol. The van der Waals surface area contributed by atoms with Crippen LogP contribution in [0.5, 0.6) is 0 Å². The van der Waals surface area contributed by atoms with Gasteiger partial charge in [0.05, 0.1) is 5.92 Å². The summed E-state index contributed by atoms with van der Waals surface area (Å²) < 4.78 is 0. The lowest BCUT2D eigenvalue weighted by molar-refractivity contribution is -0.141. The Kier molecular flexibility index (Phi) is 2.90. The minimum absolute atomic E-state index is 0.114. The first-order valence-electron chi connectivity index (χ1n) is 6.68. The maximum Gasteiger partial charge on any atom is 0.307 e. The summed E-state index contributed by atoms with van der Waals surface area (Å²) in [6.45, 7) is 0. The van der Waals surface area contributed by atoms with Gasteiger partial charge in [-0.2, -0.15) is 0 Å². The topological polar surface area (TPSA) is 63.3 Å². The molecule has 1 aliphatic rings. The summed E-state index contributed by atoms with van der Waals surface area (Å²) in [5, 5.41) is 11.5. The first kappa shape index (κ1) is 12.0. The molecular weight excluding hydrogens is 238 g/mol. The van der Waals surface area contributed by atoms with Crippen molar-refractivity contribution in [1.82, 2.24) is 0 Å². The molecule has 0 amide bonds. The van der Waals surface area contributed by atoms with Crippen molar-refractivity contribution in [2.45, 2.75) is 25.2 Å². The van der Waals surface area contributed by atoms with Gasteiger partial charge in [-0.25, -0.2) is 0 Å². The molecule has 0 radical (unpaired) electrons. The van der Waals surface area contributed by atoms with E-state index in [-0.39, 0.29) is 11.8 Å². The van der Waals surface area contributed by atoms with Gasteiger partial charge in [0.15, 0.2) is 0 Å². The number of carbonyl (C=O) groups is 1. The second kappa shape index (κ2) is 4.57. The molecule has 1 fully saturated rings. The van der Waals surface area contributed by atoms with E-state index in [1.165, 1.54) is 0 Å². The van der Waals surface area contributed by atoms with E-state index in [4.69, 9.17) is 5.73 Å². The quantitative estimate of drug-likeness (QED) is 0.808. The molecule has 19 heavy (non-hydrogen) atoms. The molecule has 3 heteroatoms. The van der Waals surface area contributed by atoms with Crippen LogP contribution in [0.4, 0.5) is 5.69 Å². The van der Waals surface area contributed by atoms with Crippen LogP contribution >= 0.6 is 0 Å². The lowest BCUT2D eigenvalue weighted by Gasteiger charge is -2.19. The van der Waals surface area contributed by atoms with Crippen LogP contribution in [-0.2, 0) is 4.79 Å². The third-order valence-corrected chi connectivity index (χ3v) is 4.22. The molecule has 0 bridgehead atoms. The molecule has 2 aromatic rings. The van der Waals surface area contributed by atoms with Gasteiger partial charge in [0.2, 0.25) is 0 Å². The average Bonchev–Trinajstić information content (AvgIpc) is 2.89. The number of benzene rings is 2. The van der Waals surface area contributed by atoms with Gasteiger partial charge < -0.3 is 10.8 Å². The number of nitrogen functional groups attached to an aromatic ring is 1. The normalized spacial score (nSPS) is 22.7. The van der Waals surface area contributed by atoms with E-state index in [1.54, 1.807) is 0 Å². The van der Waals surface area contributed by atoms with E-state index >= 15 is 0 Å². The van der Waals surface area contributed by atoms with E-state index in [1.807, 2.05) is 36.4 Å². The van der Waals surface area contributed by atoms with Crippen molar-refractivity contribution in [3.63, 3.8) is 0 Å². The van der Waals surface area contributed by atoms with Crippen LogP contribution in [0.15, 0.2) is 36.4 Å². The van der Waals surface area contributed by atoms with Gasteiger partial charge in [0, 0.05) is 11.1 Å². The van der Waals surface area contributed by atoms with Crippen LogP contribution in [0.3, 0.4) is 0 Å². The van der Waals surface area contributed by atoms with Crippen molar-refractivity contribution in [3.05, 3.63) is 42.0 Å². The highest BCUT2D eigenvalue weighted by Gasteiger charge is 2.34. The Morgan fingerprint density at radius 1 is 1.11 bits per heavy atom. The minimum Gasteiger partial charge on any atom is -0.481 e. The number of hydrogen-bond acceptors (Lipinski definition) is 2. The molecule has 2 aromatic carbocycles. The Balaban J connectivity index is 2.15. The highest BCUT2D eigenvalue weighted by molar-refractivity contribution is 5.95. The van der Waals surface area contributed by atoms with Gasteiger partial charge in [0.25, 0.3) is 0 Å². The Morgan fingerprint density at radius 3 is 2.58 bits per heavy atom. The monoisotopic (exact) mass is 255 g/mol.